The van der Waals surface area contributed by atoms with E-state index in [2.05, 4.69) is 15.3 Å². The van der Waals surface area contributed by atoms with Crippen LogP contribution in [0.5, 0.6) is 0 Å². The largest absolute Gasteiger partial charge is 0.416 e. The Morgan fingerprint density at radius 2 is 1.76 bits per heavy atom. The molecule has 2 aromatic carbocycles. The topological polar surface area (TPSA) is 68.8 Å². The summed E-state index contributed by atoms with van der Waals surface area (Å²) in [5.41, 5.74) is 7.58. The van der Waals surface area contributed by atoms with Crippen molar-refractivity contribution in [1.29, 1.82) is 0 Å². The number of halogens is 3. The molecule has 148 valence electrons. The molecule has 2 aromatic heterocycles. The van der Waals surface area contributed by atoms with Crippen molar-refractivity contribution in [3.05, 3.63) is 66.4 Å². The Bertz CT molecular complexity index is 1170. The average Bonchev–Trinajstić information content (AvgIpc) is 3.06. The van der Waals surface area contributed by atoms with Gasteiger partial charge in [0.25, 0.3) is 0 Å². The predicted octanol–water partition coefficient (Wildman–Crippen LogP) is 5.30. The fourth-order valence-electron chi connectivity index (χ4n) is 2.98. The van der Waals surface area contributed by atoms with Crippen LogP contribution in [0.15, 0.2) is 65.7 Å². The summed E-state index contributed by atoms with van der Waals surface area (Å²) in [4.78, 5) is 9.14. The highest BCUT2D eigenvalue weighted by Gasteiger charge is 2.30. The van der Waals surface area contributed by atoms with Gasteiger partial charge in [0, 0.05) is 35.2 Å². The van der Waals surface area contributed by atoms with E-state index in [4.69, 9.17) is 5.73 Å². The van der Waals surface area contributed by atoms with Crippen LogP contribution in [0, 0.1) is 0 Å². The number of anilines is 2. The van der Waals surface area contributed by atoms with Gasteiger partial charge in [-0.15, -0.1) is 0 Å². The monoisotopic (exact) mass is 415 g/mol. The number of nitrogen functional groups attached to an aromatic ring is 1. The van der Waals surface area contributed by atoms with Crippen molar-refractivity contribution >= 4 is 34.6 Å². The van der Waals surface area contributed by atoms with Gasteiger partial charge < -0.3 is 11.1 Å². The Balaban J connectivity index is 1.76. The van der Waals surface area contributed by atoms with Crippen LogP contribution in [0.3, 0.4) is 0 Å². The van der Waals surface area contributed by atoms with Gasteiger partial charge in [0.2, 0.25) is 5.95 Å². The van der Waals surface area contributed by atoms with E-state index in [0.717, 1.165) is 28.6 Å². The average molecular weight is 415 g/mol. The van der Waals surface area contributed by atoms with E-state index in [0.29, 0.717) is 16.4 Å². The summed E-state index contributed by atoms with van der Waals surface area (Å²) < 4.78 is 40.3. The third kappa shape index (κ3) is 3.86. The molecule has 0 saturated carbocycles. The summed E-state index contributed by atoms with van der Waals surface area (Å²) >= 11 is 1.33. The second kappa shape index (κ2) is 7.32. The molecule has 4 rings (SSSR count). The molecule has 3 N–H and O–H groups in total. The minimum absolute atomic E-state index is 0.152. The lowest BCUT2D eigenvalue weighted by molar-refractivity contribution is -0.137. The van der Waals surface area contributed by atoms with Crippen molar-refractivity contribution in [1.82, 2.24) is 13.9 Å². The SMILES string of the molecule is CNc1cc(-c2cn(Sc3ccc(C(F)(F)F)cc3)c3ccccc23)nc(N)n1. The standard InChI is InChI=1S/C20H16F3N5S/c1-25-18-10-16(26-19(24)27-18)15-11-28(17-5-3-2-4-14(15)17)29-13-8-6-12(7-9-13)20(21,22)23/h2-11H,1H3,(H3,24,25,26,27). The molecule has 0 amide bonds. The molecule has 29 heavy (non-hydrogen) atoms. The molecule has 0 fully saturated rings. The third-order valence-corrected chi connectivity index (χ3v) is 5.32. The molecule has 0 aliphatic rings. The van der Waals surface area contributed by atoms with Crippen LogP contribution in [0.2, 0.25) is 0 Å². The quantitative estimate of drug-likeness (QED) is 0.474. The maximum atomic E-state index is 12.8. The second-order valence-corrected chi connectivity index (χ2v) is 7.29. The Kier molecular flexibility index (Phi) is 4.83. The highest BCUT2D eigenvalue weighted by atomic mass is 32.2. The van der Waals surface area contributed by atoms with E-state index in [-0.39, 0.29) is 5.95 Å². The van der Waals surface area contributed by atoms with Crippen molar-refractivity contribution in [2.75, 3.05) is 18.1 Å². The van der Waals surface area contributed by atoms with Crippen LogP contribution < -0.4 is 11.1 Å². The molecular formula is C20H16F3N5S. The normalized spacial score (nSPS) is 11.7. The summed E-state index contributed by atoms with van der Waals surface area (Å²) in [6, 6.07) is 14.6. The van der Waals surface area contributed by atoms with Crippen molar-refractivity contribution in [3.63, 3.8) is 0 Å². The highest BCUT2D eigenvalue weighted by molar-refractivity contribution is 7.98. The molecule has 0 bridgehead atoms. The second-order valence-electron chi connectivity index (χ2n) is 6.25. The predicted molar refractivity (Wildman–Crippen MR) is 110 cm³/mol. The number of rotatable bonds is 4. The number of nitrogens with one attached hydrogen (secondary N) is 1. The number of hydrogen-bond acceptors (Lipinski definition) is 5. The van der Waals surface area contributed by atoms with Crippen LogP contribution in [0.25, 0.3) is 22.2 Å². The lowest BCUT2D eigenvalue weighted by Crippen LogP contribution is -2.04. The minimum Gasteiger partial charge on any atom is -0.373 e. The zero-order valence-corrected chi connectivity index (χ0v) is 16.1. The molecular weight excluding hydrogens is 399 g/mol. The molecule has 0 atom stereocenters. The van der Waals surface area contributed by atoms with Gasteiger partial charge in [0.05, 0.1) is 16.8 Å². The van der Waals surface area contributed by atoms with Gasteiger partial charge in [-0.2, -0.15) is 18.2 Å². The van der Waals surface area contributed by atoms with Gasteiger partial charge in [-0.1, -0.05) is 18.2 Å². The molecule has 0 aliphatic carbocycles. The first-order chi connectivity index (χ1) is 13.8. The fraction of sp³-hybridized carbons (Fsp3) is 0.100. The smallest absolute Gasteiger partial charge is 0.373 e. The summed E-state index contributed by atoms with van der Waals surface area (Å²) in [7, 11) is 1.75. The number of alkyl halides is 3. The molecule has 0 spiro atoms. The number of fused-ring (bicyclic) bond motifs is 1. The van der Waals surface area contributed by atoms with Crippen LogP contribution in [0.1, 0.15) is 5.56 Å². The molecule has 0 aliphatic heterocycles. The lowest BCUT2D eigenvalue weighted by atomic mass is 10.1. The Labute approximate surface area is 168 Å². The first-order valence-corrected chi connectivity index (χ1v) is 9.41. The first kappa shape index (κ1) is 19.1. The Hall–Kier alpha value is -3.20. The number of benzene rings is 2. The number of para-hydroxylation sites is 1. The first-order valence-electron chi connectivity index (χ1n) is 8.63. The van der Waals surface area contributed by atoms with Crippen LogP contribution in [-0.4, -0.2) is 21.0 Å². The molecule has 4 aromatic rings. The molecule has 0 unspecified atom stereocenters. The Morgan fingerprint density at radius 3 is 2.45 bits per heavy atom. The van der Waals surface area contributed by atoms with Gasteiger partial charge in [-0.3, -0.25) is 3.97 Å². The number of nitrogens with zero attached hydrogens (tertiary/aromatic N) is 3. The van der Waals surface area contributed by atoms with Crippen molar-refractivity contribution < 1.29 is 13.2 Å². The van der Waals surface area contributed by atoms with Crippen molar-refractivity contribution in [3.8, 4) is 11.3 Å². The summed E-state index contributed by atoms with van der Waals surface area (Å²) in [5, 5.41) is 3.91. The van der Waals surface area contributed by atoms with Crippen molar-refractivity contribution in [2.45, 2.75) is 11.1 Å². The molecule has 9 heteroatoms. The third-order valence-electron chi connectivity index (χ3n) is 4.34. The number of nitrogens with two attached hydrogens (primary N) is 1. The highest BCUT2D eigenvalue weighted by Crippen LogP contribution is 2.36. The summed E-state index contributed by atoms with van der Waals surface area (Å²) in [5.74, 6) is 0.749. The van der Waals surface area contributed by atoms with E-state index in [1.807, 2.05) is 34.4 Å². The molecule has 2 heterocycles. The van der Waals surface area contributed by atoms with Crippen molar-refractivity contribution in [2.24, 2.45) is 0 Å². The van der Waals surface area contributed by atoms with Crippen LogP contribution in [0.4, 0.5) is 24.9 Å². The van der Waals surface area contributed by atoms with Gasteiger partial charge >= 0.3 is 6.18 Å². The van der Waals surface area contributed by atoms with Gasteiger partial charge in [-0.25, -0.2) is 4.98 Å². The molecule has 0 radical (unpaired) electrons. The summed E-state index contributed by atoms with van der Waals surface area (Å²) in [6.07, 6.45) is -2.46. The maximum absolute atomic E-state index is 12.8. The molecule has 0 saturated heterocycles. The number of hydrogen-bond donors (Lipinski definition) is 2. The number of aromatic nitrogens is 3. The summed E-state index contributed by atoms with van der Waals surface area (Å²) in [6.45, 7) is 0. The molecule has 5 nitrogen and oxygen atoms in total. The maximum Gasteiger partial charge on any atom is 0.416 e. The zero-order valence-electron chi connectivity index (χ0n) is 15.2. The fourth-order valence-corrected chi connectivity index (χ4v) is 3.88. The van der Waals surface area contributed by atoms with Crippen LogP contribution >= 0.6 is 11.9 Å². The minimum atomic E-state index is -4.35. The van der Waals surface area contributed by atoms with E-state index >= 15 is 0 Å². The van der Waals surface area contributed by atoms with Gasteiger partial charge in [0.15, 0.2) is 0 Å². The van der Waals surface area contributed by atoms with Gasteiger partial charge in [-0.05, 0) is 42.3 Å². The van der Waals surface area contributed by atoms with E-state index in [9.17, 15) is 13.2 Å². The van der Waals surface area contributed by atoms with E-state index in [1.165, 1.54) is 24.1 Å². The van der Waals surface area contributed by atoms with Crippen LogP contribution in [-0.2, 0) is 6.18 Å². The zero-order chi connectivity index (χ0) is 20.6. The lowest BCUT2D eigenvalue weighted by Gasteiger charge is -2.08. The Morgan fingerprint density at radius 1 is 1.03 bits per heavy atom. The van der Waals surface area contributed by atoms with Gasteiger partial charge in [0.1, 0.15) is 5.82 Å². The van der Waals surface area contributed by atoms with E-state index in [1.54, 1.807) is 13.1 Å². The van der Waals surface area contributed by atoms with E-state index < -0.39 is 11.7 Å².